The summed E-state index contributed by atoms with van der Waals surface area (Å²) in [6, 6.07) is 3.47. The molecule has 0 radical (unpaired) electrons. The molecule has 0 N–H and O–H groups in total. The smallest absolute Gasteiger partial charge is 0.310 e. The molecule has 0 unspecified atom stereocenters. The van der Waals surface area contributed by atoms with Gasteiger partial charge >= 0.3 is 5.97 Å². The topological polar surface area (TPSA) is 69.9 Å². The highest BCUT2D eigenvalue weighted by Crippen LogP contribution is 2.39. The first kappa shape index (κ1) is 17.0. The van der Waals surface area contributed by atoms with Crippen molar-refractivity contribution >= 4 is 22.6 Å². The summed E-state index contributed by atoms with van der Waals surface area (Å²) in [5.74, 6) is -0.162. The molecule has 28 heavy (non-hydrogen) atoms. The highest BCUT2D eigenvalue weighted by atomic mass is 19.1. The van der Waals surface area contributed by atoms with Crippen LogP contribution in [0.3, 0.4) is 0 Å². The van der Waals surface area contributed by atoms with Gasteiger partial charge in [-0.1, -0.05) is 12.5 Å². The third kappa shape index (κ3) is 2.61. The molecule has 2 atom stereocenters. The van der Waals surface area contributed by atoms with Crippen LogP contribution in [0.1, 0.15) is 42.4 Å². The van der Waals surface area contributed by atoms with Gasteiger partial charge in [0.15, 0.2) is 5.82 Å². The van der Waals surface area contributed by atoms with Crippen LogP contribution in [0.4, 0.5) is 4.39 Å². The van der Waals surface area contributed by atoms with E-state index < -0.39 is 0 Å². The molecule has 1 saturated carbocycles. The number of hydrogen-bond donors (Lipinski definition) is 0. The molecular formula is C21H19FN4O2. The number of hydrogen-bond acceptors (Lipinski definition) is 5. The first-order valence-corrected chi connectivity index (χ1v) is 9.42. The number of ether oxygens (including phenoxy) is 1. The Morgan fingerprint density at radius 3 is 3.04 bits per heavy atom. The summed E-state index contributed by atoms with van der Waals surface area (Å²) in [5.41, 5.74) is 3.15. The number of aromatic nitrogens is 4. The maximum absolute atomic E-state index is 13.7. The van der Waals surface area contributed by atoms with Crippen molar-refractivity contribution in [3.05, 3.63) is 59.7 Å². The molecule has 0 saturated heterocycles. The Morgan fingerprint density at radius 1 is 1.29 bits per heavy atom. The van der Waals surface area contributed by atoms with E-state index in [1.807, 2.05) is 18.3 Å². The second-order valence-electron chi connectivity index (χ2n) is 7.29. The molecule has 5 rings (SSSR count). The highest BCUT2D eigenvalue weighted by Gasteiger charge is 2.35. The van der Waals surface area contributed by atoms with Gasteiger partial charge in [0.1, 0.15) is 11.5 Å². The number of pyridine rings is 1. The molecule has 1 fully saturated rings. The second kappa shape index (κ2) is 6.51. The predicted molar refractivity (Wildman–Crippen MR) is 101 cm³/mol. The van der Waals surface area contributed by atoms with Crippen LogP contribution in [-0.4, -0.2) is 32.6 Å². The van der Waals surface area contributed by atoms with E-state index in [0.29, 0.717) is 12.2 Å². The van der Waals surface area contributed by atoms with Crippen LogP contribution in [0.15, 0.2) is 36.8 Å². The van der Waals surface area contributed by atoms with Crippen LogP contribution in [-0.2, 0) is 16.0 Å². The number of rotatable bonds is 3. The van der Waals surface area contributed by atoms with Crippen LogP contribution < -0.4 is 0 Å². The zero-order chi connectivity index (χ0) is 19.3. The minimum Gasteiger partial charge on any atom is -0.469 e. The lowest BCUT2D eigenvalue weighted by Crippen LogP contribution is -2.23. The maximum Gasteiger partial charge on any atom is 0.310 e. The normalized spacial score (nSPS) is 21.0. The summed E-state index contributed by atoms with van der Waals surface area (Å²) in [6.07, 6.45) is 10.3. The first-order valence-electron chi connectivity index (χ1n) is 9.42. The van der Waals surface area contributed by atoms with Gasteiger partial charge in [-0.15, -0.1) is 0 Å². The SMILES string of the molecule is COC(=O)[C@@H]1CCC[C@H]1n1ccc2cnc(C3=CCc4ncc(F)cc43)nc21. The zero-order valence-electron chi connectivity index (χ0n) is 15.4. The fraction of sp³-hybridized carbons (Fsp3) is 0.333. The molecule has 6 nitrogen and oxygen atoms in total. The number of fused-ring (bicyclic) bond motifs is 2. The third-order valence-electron chi connectivity index (χ3n) is 5.76. The zero-order valence-corrected chi connectivity index (χ0v) is 15.4. The largest absolute Gasteiger partial charge is 0.469 e. The molecule has 2 aliphatic carbocycles. The molecule has 3 heterocycles. The van der Waals surface area contributed by atoms with Crippen LogP contribution in [0.5, 0.6) is 0 Å². The lowest BCUT2D eigenvalue weighted by molar-refractivity contribution is -0.146. The number of carbonyl (C=O) groups is 1. The van der Waals surface area contributed by atoms with Crippen molar-refractivity contribution in [3.63, 3.8) is 0 Å². The van der Waals surface area contributed by atoms with Gasteiger partial charge < -0.3 is 9.30 Å². The molecule has 2 aliphatic rings. The summed E-state index contributed by atoms with van der Waals surface area (Å²) < 4.78 is 20.8. The lowest BCUT2D eigenvalue weighted by Gasteiger charge is -2.20. The van der Waals surface area contributed by atoms with Crippen molar-refractivity contribution < 1.29 is 13.9 Å². The molecular weight excluding hydrogens is 359 g/mol. The molecule has 7 heteroatoms. The fourth-order valence-electron chi connectivity index (χ4n) is 4.42. The average Bonchev–Trinajstić information content (AvgIpc) is 3.43. The average molecular weight is 378 g/mol. The molecule has 3 aromatic rings. The standard InChI is InChI=1S/C21H19FN4O2/c1-28-21(27)15-3-2-4-18(15)26-8-7-12-10-24-19(25-20(12)26)14-5-6-17-16(14)9-13(22)11-23-17/h5,7-11,15,18H,2-4,6H2,1H3/t15-,18-/m1/s1. The fourth-order valence-corrected chi connectivity index (χ4v) is 4.42. The van der Waals surface area contributed by atoms with Crippen molar-refractivity contribution in [2.45, 2.75) is 31.7 Å². The van der Waals surface area contributed by atoms with E-state index in [2.05, 4.69) is 14.5 Å². The van der Waals surface area contributed by atoms with Gasteiger partial charge in [0.25, 0.3) is 0 Å². The van der Waals surface area contributed by atoms with Crippen molar-refractivity contribution in [1.29, 1.82) is 0 Å². The monoisotopic (exact) mass is 378 g/mol. The van der Waals surface area contributed by atoms with Gasteiger partial charge in [0.2, 0.25) is 0 Å². The number of allylic oxidation sites excluding steroid dienone is 1. The molecule has 0 aliphatic heterocycles. The summed E-state index contributed by atoms with van der Waals surface area (Å²) >= 11 is 0. The van der Waals surface area contributed by atoms with Crippen molar-refractivity contribution in [3.8, 4) is 0 Å². The van der Waals surface area contributed by atoms with Crippen molar-refractivity contribution in [1.82, 2.24) is 19.5 Å². The van der Waals surface area contributed by atoms with Gasteiger partial charge in [-0.25, -0.2) is 14.4 Å². The van der Waals surface area contributed by atoms with E-state index >= 15 is 0 Å². The van der Waals surface area contributed by atoms with Gasteiger partial charge in [0.05, 0.1) is 24.9 Å². The van der Waals surface area contributed by atoms with Crippen molar-refractivity contribution in [2.75, 3.05) is 7.11 Å². The number of carbonyl (C=O) groups excluding carboxylic acids is 1. The molecule has 0 bridgehead atoms. The van der Waals surface area contributed by atoms with Crippen LogP contribution >= 0.6 is 0 Å². The summed E-state index contributed by atoms with van der Waals surface area (Å²) in [7, 11) is 1.43. The van der Waals surface area contributed by atoms with Crippen molar-refractivity contribution in [2.24, 2.45) is 5.92 Å². The summed E-state index contributed by atoms with van der Waals surface area (Å²) in [6.45, 7) is 0. The van der Waals surface area contributed by atoms with Gasteiger partial charge in [0, 0.05) is 41.4 Å². The number of methoxy groups -OCH3 is 1. The Hall–Kier alpha value is -3.09. The van der Waals surface area contributed by atoms with E-state index in [9.17, 15) is 9.18 Å². The summed E-state index contributed by atoms with van der Waals surface area (Å²) in [4.78, 5) is 25.6. The Labute approximate surface area is 161 Å². The second-order valence-corrected chi connectivity index (χ2v) is 7.29. The van der Waals surface area contributed by atoms with Gasteiger partial charge in [-0.2, -0.15) is 0 Å². The molecule has 3 aromatic heterocycles. The Morgan fingerprint density at radius 2 is 2.18 bits per heavy atom. The van der Waals surface area contributed by atoms with Crippen LogP contribution in [0.25, 0.3) is 16.6 Å². The van der Waals surface area contributed by atoms with E-state index in [-0.39, 0.29) is 23.7 Å². The minimum absolute atomic E-state index is 0.0247. The highest BCUT2D eigenvalue weighted by molar-refractivity contribution is 5.84. The number of halogens is 1. The Balaban J connectivity index is 1.57. The molecule has 0 aromatic carbocycles. The number of nitrogens with zero attached hydrogens (tertiary/aromatic N) is 4. The quantitative estimate of drug-likeness (QED) is 0.653. The lowest BCUT2D eigenvalue weighted by atomic mass is 10.0. The number of esters is 1. The van der Waals surface area contributed by atoms with E-state index in [1.54, 1.807) is 6.20 Å². The molecule has 0 amide bonds. The molecule has 142 valence electrons. The maximum atomic E-state index is 13.7. The van der Waals surface area contributed by atoms with E-state index in [1.165, 1.54) is 19.4 Å². The third-order valence-corrected chi connectivity index (χ3v) is 5.76. The predicted octanol–water partition coefficient (Wildman–Crippen LogP) is 3.47. The van der Waals surface area contributed by atoms with E-state index in [0.717, 1.165) is 47.1 Å². The Bertz CT molecular complexity index is 1120. The van der Waals surface area contributed by atoms with Crippen LogP contribution in [0.2, 0.25) is 0 Å². The van der Waals surface area contributed by atoms with Gasteiger partial charge in [-0.3, -0.25) is 9.78 Å². The molecule has 0 spiro atoms. The van der Waals surface area contributed by atoms with Crippen LogP contribution in [0, 0.1) is 11.7 Å². The Kier molecular flexibility index (Phi) is 3.96. The first-order chi connectivity index (χ1) is 13.7. The van der Waals surface area contributed by atoms with Gasteiger partial charge in [-0.05, 0) is 25.0 Å². The summed E-state index contributed by atoms with van der Waals surface area (Å²) in [5, 5.41) is 0.912. The van der Waals surface area contributed by atoms with E-state index in [4.69, 9.17) is 9.72 Å². The minimum atomic E-state index is -0.372.